The van der Waals surface area contributed by atoms with Crippen molar-refractivity contribution in [3.05, 3.63) is 70.7 Å². The molecule has 0 spiro atoms. The van der Waals surface area contributed by atoms with Crippen LogP contribution in [0.5, 0.6) is 0 Å². The molecule has 19 heavy (non-hydrogen) atoms. The lowest BCUT2D eigenvalue weighted by Crippen LogP contribution is -2.26. The van der Waals surface area contributed by atoms with Gasteiger partial charge in [-0.25, -0.2) is 0 Å². The van der Waals surface area contributed by atoms with Gasteiger partial charge in [-0.2, -0.15) is 0 Å². The van der Waals surface area contributed by atoms with Crippen LogP contribution in [-0.2, 0) is 21.0 Å². The molecular formula is C15H12Cl2O2. The number of rotatable bonds is 5. The second-order valence-corrected chi connectivity index (χ2v) is 5.10. The summed E-state index contributed by atoms with van der Waals surface area (Å²) >= 11 is 12.6. The molecule has 0 fully saturated rings. The summed E-state index contributed by atoms with van der Waals surface area (Å²) in [5.41, 5.74) is 1.54. The van der Waals surface area contributed by atoms with Crippen molar-refractivity contribution in [1.29, 1.82) is 0 Å². The number of carbonyl (C=O) groups excluding carboxylic acids is 1. The molecule has 0 radical (unpaired) electrons. The monoisotopic (exact) mass is 294 g/mol. The SMILES string of the molecule is O=COC(Cl)(Cc1ccccc1)c1ccccc1Cl. The maximum atomic E-state index is 10.7. The van der Waals surface area contributed by atoms with E-state index in [2.05, 4.69) is 0 Å². The van der Waals surface area contributed by atoms with E-state index in [-0.39, 0.29) is 0 Å². The highest BCUT2D eigenvalue weighted by atomic mass is 35.5. The maximum absolute atomic E-state index is 10.7. The molecule has 2 nitrogen and oxygen atoms in total. The second kappa shape index (κ2) is 6.09. The minimum atomic E-state index is -1.29. The van der Waals surface area contributed by atoms with Crippen LogP contribution in [-0.4, -0.2) is 6.47 Å². The van der Waals surface area contributed by atoms with E-state index in [0.29, 0.717) is 23.5 Å². The summed E-state index contributed by atoms with van der Waals surface area (Å²) in [7, 11) is 0. The van der Waals surface area contributed by atoms with Crippen molar-refractivity contribution in [3.8, 4) is 0 Å². The first-order valence-electron chi connectivity index (χ1n) is 5.75. The fourth-order valence-electron chi connectivity index (χ4n) is 1.90. The zero-order valence-electron chi connectivity index (χ0n) is 10.1. The number of carbonyl (C=O) groups is 1. The Morgan fingerprint density at radius 1 is 1.05 bits per heavy atom. The Morgan fingerprint density at radius 2 is 1.68 bits per heavy atom. The third kappa shape index (κ3) is 3.28. The van der Waals surface area contributed by atoms with E-state index < -0.39 is 5.06 Å². The van der Waals surface area contributed by atoms with Crippen LogP contribution in [0.2, 0.25) is 5.02 Å². The number of hydrogen-bond acceptors (Lipinski definition) is 2. The molecule has 0 N–H and O–H groups in total. The molecule has 0 saturated carbocycles. The number of benzene rings is 2. The molecule has 0 aliphatic rings. The first-order valence-corrected chi connectivity index (χ1v) is 6.50. The second-order valence-electron chi connectivity index (χ2n) is 4.08. The van der Waals surface area contributed by atoms with Gasteiger partial charge in [-0.05, 0) is 11.6 Å². The molecule has 2 rings (SSSR count). The number of halogens is 2. The summed E-state index contributed by atoms with van der Waals surface area (Å²) in [5.74, 6) is 0. The lowest BCUT2D eigenvalue weighted by atomic mass is 10.0. The predicted molar refractivity (Wildman–Crippen MR) is 76.3 cm³/mol. The van der Waals surface area contributed by atoms with Gasteiger partial charge >= 0.3 is 0 Å². The first-order chi connectivity index (χ1) is 9.15. The number of alkyl halides is 1. The largest absolute Gasteiger partial charge is 0.441 e. The maximum Gasteiger partial charge on any atom is 0.295 e. The fraction of sp³-hybridized carbons (Fsp3) is 0.133. The molecule has 0 aliphatic carbocycles. The lowest BCUT2D eigenvalue weighted by Gasteiger charge is -2.26. The third-order valence-corrected chi connectivity index (χ3v) is 3.54. The van der Waals surface area contributed by atoms with Crippen molar-refractivity contribution in [2.75, 3.05) is 0 Å². The van der Waals surface area contributed by atoms with E-state index in [1.54, 1.807) is 24.3 Å². The molecule has 1 unspecified atom stereocenters. The minimum absolute atomic E-state index is 0.345. The van der Waals surface area contributed by atoms with Gasteiger partial charge in [-0.1, -0.05) is 71.7 Å². The van der Waals surface area contributed by atoms with Gasteiger partial charge in [0.05, 0.1) is 0 Å². The molecule has 0 amide bonds. The predicted octanol–water partition coefficient (Wildman–Crippen LogP) is 4.15. The highest BCUT2D eigenvalue weighted by Crippen LogP contribution is 2.37. The van der Waals surface area contributed by atoms with Crippen LogP contribution >= 0.6 is 23.2 Å². The Kier molecular flexibility index (Phi) is 4.46. The van der Waals surface area contributed by atoms with Gasteiger partial charge in [-0.15, -0.1) is 0 Å². The van der Waals surface area contributed by atoms with E-state index >= 15 is 0 Å². The zero-order valence-corrected chi connectivity index (χ0v) is 11.6. The molecule has 2 aromatic rings. The summed E-state index contributed by atoms with van der Waals surface area (Å²) in [6, 6.07) is 16.6. The van der Waals surface area contributed by atoms with Gasteiger partial charge in [0.2, 0.25) is 5.06 Å². The van der Waals surface area contributed by atoms with E-state index in [4.69, 9.17) is 27.9 Å². The van der Waals surface area contributed by atoms with E-state index in [0.717, 1.165) is 5.56 Å². The highest BCUT2D eigenvalue weighted by molar-refractivity contribution is 6.33. The van der Waals surface area contributed by atoms with Crippen molar-refractivity contribution in [1.82, 2.24) is 0 Å². The average molecular weight is 295 g/mol. The van der Waals surface area contributed by atoms with Crippen molar-refractivity contribution >= 4 is 29.7 Å². The minimum Gasteiger partial charge on any atom is -0.441 e. The first kappa shape index (κ1) is 13.9. The number of ether oxygens (including phenoxy) is 1. The Balaban J connectivity index is 2.38. The van der Waals surface area contributed by atoms with Crippen LogP contribution < -0.4 is 0 Å². The molecule has 98 valence electrons. The molecule has 0 aromatic heterocycles. The Labute approximate surface area is 121 Å². The smallest absolute Gasteiger partial charge is 0.295 e. The van der Waals surface area contributed by atoms with E-state index in [1.165, 1.54) is 0 Å². The van der Waals surface area contributed by atoms with Gasteiger partial charge in [0.15, 0.2) is 0 Å². The molecule has 1 atom stereocenters. The van der Waals surface area contributed by atoms with Crippen LogP contribution in [0, 0.1) is 0 Å². The summed E-state index contributed by atoms with van der Waals surface area (Å²) in [6.45, 7) is 0.346. The van der Waals surface area contributed by atoms with Gasteiger partial charge < -0.3 is 4.74 Å². The molecular weight excluding hydrogens is 283 g/mol. The van der Waals surface area contributed by atoms with Crippen molar-refractivity contribution in [2.45, 2.75) is 11.5 Å². The highest BCUT2D eigenvalue weighted by Gasteiger charge is 2.33. The Hall–Kier alpha value is -1.51. The third-order valence-electron chi connectivity index (χ3n) is 2.79. The van der Waals surface area contributed by atoms with E-state index in [9.17, 15) is 4.79 Å². The lowest BCUT2D eigenvalue weighted by molar-refractivity contribution is -0.137. The van der Waals surface area contributed by atoms with E-state index in [1.807, 2.05) is 30.3 Å². The molecule has 0 heterocycles. The summed E-state index contributed by atoms with van der Waals surface area (Å²) in [4.78, 5) is 10.7. The molecule has 0 saturated heterocycles. The van der Waals surface area contributed by atoms with Crippen molar-refractivity contribution < 1.29 is 9.53 Å². The van der Waals surface area contributed by atoms with Crippen molar-refractivity contribution in [2.24, 2.45) is 0 Å². The topological polar surface area (TPSA) is 26.3 Å². The van der Waals surface area contributed by atoms with Crippen LogP contribution in [0.25, 0.3) is 0 Å². The number of hydrogen-bond donors (Lipinski definition) is 0. The summed E-state index contributed by atoms with van der Waals surface area (Å²) in [6.07, 6.45) is 0.345. The Bertz CT molecular complexity index is 557. The van der Waals surface area contributed by atoms with Crippen LogP contribution in [0.4, 0.5) is 0 Å². The molecule has 2 aromatic carbocycles. The van der Waals surface area contributed by atoms with Gasteiger partial charge in [0.25, 0.3) is 6.47 Å². The fourth-order valence-corrected chi connectivity index (χ4v) is 2.59. The molecule has 0 aliphatic heterocycles. The molecule has 4 heteroatoms. The summed E-state index contributed by atoms with van der Waals surface area (Å²) < 4.78 is 5.10. The Morgan fingerprint density at radius 3 is 2.32 bits per heavy atom. The molecule has 0 bridgehead atoms. The van der Waals surface area contributed by atoms with Crippen molar-refractivity contribution in [3.63, 3.8) is 0 Å². The van der Waals surface area contributed by atoms with Gasteiger partial charge in [0.1, 0.15) is 0 Å². The van der Waals surface area contributed by atoms with Gasteiger partial charge in [0, 0.05) is 17.0 Å². The zero-order chi connectivity index (χ0) is 13.7. The van der Waals surface area contributed by atoms with Crippen LogP contribution in [0.1, 0.15) is 11.1 Å². The van der Waals surface area contributed by atoms with Gasteiger partial charge in [-0.3, -0.25) is 4.79 Å². The average Bonchev–Trinajstić information content (AvgIpc) is 2.40. The quantitative estimate of drug-likeness (QED) is 0.612. The standard InChI is InChI=1S/C15H12Cl2O2/c16-14-9-5-4-8-13(14)15(17,19-11-18)10-12-6-2-1-3-7-12/h1-9,11H,10H2. The van der Waals surface area contributed by atoms with Crippen LogP contribution in [0.3, 0.4) is 0 Å². The van der Waals surface area contributed by atoms with Crippen LogP contribution in [0.15, 0.2) is 54.6 Å². The normalized spacial score (nSPS) is 13.6. The summed E-state index contributed by atoms with van der Waals surface area (Å²) in [5, 5.41) is -0.822.